The Labute approximate surface area is 144 Å². The molecule has 1 aliphatic rings. The number of hydrogen-bond donors (Lipinski definition) is 2. The maximum Gasteiger partial charge on any atom is 0.317 e. The smallest absolute Gasteiger partial charge is 0.317 e. The van der Waals surface area contributed by atoms with Gasteiger partial charge in [-0.05, 0) is 43.2 Å². The van der Waals surface area contributed by atoms with E-state index in [1.807, 2.05) is 17.9 Å². The summed E-state index contributed by atoms with van der Waals surface area (Å²) in [4.78, 5) is 30.3. The van der Waals surface area contributed by atoms with E-state index in [2.05, 4.69) is 29.5 Å². The highest BCUT2D eigenvalue weighted by Crippen LogP contribution is 2.21. The number of amides is 3. The lowest BCUT2D eigenvalue weighted by Gasteiger charge is -2.32. The molecule has 1 fully saturated rings. The number of likely N-dealkylation sites (tertiary alicyclic amines) is 1. The number of carbonyl (C=O) groups excluding carboxylic acids is 2. The largest absolute Gasteiger partial charge is 0.338 e. The number of rotatable bonds is 5. The number of nitrogens with one attached hydrogen (secondary N) is 2. The lowest BCUT2D eigenvalue weighted by Crippen LogP contribution is -2.46. The zero-order valence-corrected chi connectivity index (χ0v) is 14.8. The van der Waals surface area contributed by atoms with Gasteiger partial charge in [0.25, 0.3) is 0 Å². The van der Waals surface area contributed by atoms with Gasteiger partial charge < -0.3 is 15.5 Å². The van der Waals surface area contributed by atoms with E-state index in [-0.39, 0.29) is 17.9 Å². The minimum Gasteiger partial charge on any atom is -0.338 e. The van der Waals surface area contributed by atoms with Crippen molar-refractivity contribution in [3.63, 3.8) is 0 Å². The van der Waals surface area contributed by atoms with Gasteiger partial charge >= 0.3 is 6.03 Å². The van der Waals surface area contributed by atoms with E-state index in [1.165, 1.54) is 0 Å². The SMILES string of the molecule is Cc1ccncc1NC(=O)C[C@@H]1CCCN(C(=O)NCC(C)C)C1. The van der Waals surface area contributed by atoms with E-state index in [0.29, 0.717) is 25.4 Å². The highest BCUT2D eigenvalue weighted by molar-refractivity contribution is 5.91. The molecule has 2 heterocycles. The van der Waals surface area contributed by atoms with Gasteiger partial charge in [-0.25, -0.2) is 4.79 Å². The topological polar surface area (TPSA) is 74.3 Å². The van der Waals surface area contributed by atoms with Crippen LogP contribution in [0.2, 0.25) is 0 Å². The number of piperidine rings is 1. The Morgan fingerprint density at radius 2 is 2.21 bits per heavy atom. The summed E-state index contributed by atoms with van der Waals surface area (Å²) >= 11 is 0. The van der Waals surface area contributed by atoms with Crippen LogP contribution in [0.4, 0.5) is 10.5 Å². The Morgan fingerprint density at radius 3 is 2.92 bits per heavy atom. The molecule has 0 aromatic carbocycles. The number of anilines is 1. The quantitative estimate of drug-likeness (QED) is 0.871. The number of carbonyl (C=O) groups is 2. The first-order valence-corrected chi connectivity index (χ1v) is 8.69. The van der Waals surface area contributed by atoms with E-state index < -0.39 is 0 Å². The second-order valence-electron chi connectivity index (χ2n) is 6.98. The van der Waals surface area contributed by atoms with Gasteiger partial charge in [-0.3, -0.25) is 9.78 Å². The summed E-state index contributed by atoms with van der Waals surface area (Å²) in [6.07, 6.45) is 5.73. The molecule has 3 amide bonds. The lowest BCUT2D eigenvalue weighted by molar-refractivity contribution is -0.117. The fraction of sp³-hybridized carbons (Fsp3) is 0.611. The molecule has 0 spiro atoms. The molecule has 2 rings (SSSR count). The molecule has 132 valence electrons. The van der Waals surface area contributed by atoms with Crippen molar-refractivity contribution in [1.29, 1.82) is 0 Å². The molecule has 1 aromatic rings. The van der Waals surface area contributed by atoms with E-state index in [9.17, 15) is 9.59 Å². The predicted octanol–water partition coefficient (Wildman–Crippen LogP) is 2.80. The third kappa shape index (κ3) is 5.51. The fourth-order valence-electron chi connectivity index (χ4n) is 2.88. The Bertz CT molecular complexity index is 574. The molecule has 0 radical (unpaired) electrons. The summed E-state index contributed by atoms with van der Waals surface area (Å²) in [5.74, 6) is 0.629. The first kappa shape index (κ1) is 18.2. The van der Waals surface area contributed by atoms with Gasteiger partial charge in [0.05, 0.1) is 11.9 Å². The number of nitrogens with zero attached hydrogens (tertiary/aromatic N) is 2. The van der Waals surface area contributed by atoms with Crippen molar-refractivity contribution in [3.05, 3.63) is 24.0 Å². The van der Waals surface area contributed by atoms with Crippen LogP contribution in [0.3, 0.4) is 0 Å². The van der Waals surface area contributed by atoms with E-state index in [0.717, 1.165) is 30.6 Å². The number of aromatic nitrogens is 1. The number of aryl methyl sites for hydroxylation is 1. The Balaban J connectivity index is 1.83. The summed E-state index contributed by atoms with van der Waals surface area (Å²) in [6, 6.07) is 1.86. The van der Waals surface area contributed by atoms with Gasteiger partial charge in [-0.2, -0.15) is 0 Å². The summed E-state index contributed by atoms with van der Waals surface area (Å²) in [5.41, 5.74) is 1.75. The van der Waals surface area contributed by atoms with Gasteiger partial charge in [0.2, 0.25) is 5.91 Å². The Kier molecular flexibility index (Phi) is 6.58. The molecule has 24 heavy (non-hydrogen) atoms. The molecular formula is C18H28N4O2. The van der Waals surface area contributed by atoms with Crippen LogP contribution in [-0.4, -0.2) is 41.5 Å². The second-order valence-corrected chi connectivity index (χ2v) is 6.98. The minimum atomic E-state index is -0.0167. The third-order valence-corrected chi connectivity index (χ3v) is 4.25. The van der Waals surface area contributed by atoms with Crippen molar-refractivity contribution in [2.24, 2.45) is 11.8 Å². The monoisotopic (exact) mass is 332 g/mol. The van der Waals surface area contributed by atoms with Crippen molar-refractivity contribution in [3.8, 4) is 0 Å². The fourth-order valence-corrected chi connectivity index (χ4v) is 2.88. The standard InChI is InChI=1S/C18H28N4O2/c1-13(2)10-20-18(24)22-8-4-5-15(12-22)9-17(23)21-16-11-19-7-6-14(16)3/h6-7,11,13,15H,4-5,8-10,12H2,1-3H3,(H,20,24)(H,21,23)/t15-/m0/s1. The Morgan fingerprint density at radius 1 is 1.42 bits per heavy atom. The van der Waals surface area contributed by atoms with E-state index in [4.69, 9.17) is 0 Å². The molecule has 0 aliphatic carbocycles. The molecule has 0 saturated carbocycles. The molecule has 1 aromatic heterocycles. The highest BCUT2D eigenvalue weighted by Gasteiger charge is 2.25. The summed E-state index contributed by atoms with van der Waals surface area (Å²) in [7, 11) is 0. The van der Waals surface area contributed by atoms with Crippen LogP contribution < -0.4 is 10.6 Å². The van der Waals surface area contributed by atoms with Crippen LogP contribution in [0.25, 0.3) is 0 Å². The van der Waals surface area contributed by atoms with Crippen LogP contribution in [0.15, 0.2) is 18.5 Å². The van der Waals surface area contributed by atoms with E-state index >= 15 is 0 Å². The van der Waals surface area contributed by atoms with Crippen molar-refractivity contribution in [2.45, 2.75) is 40.0 Å². The maximum absolute atomic E-state index is 12.3. The van der Waals surface area contributed by atoms with Crippen molar-refractivity contribution in [2.75, 3.05) is 25.0 Å². The first-order valence-electron chi connectivity index (χ1n) is 8.69. The number of pyridine rings is 1. The minimum absolute atomic E-state index is 0.0134. The highest BCUT2D eigenvalue weighted by atomic mass is 16.2. The molecule has 1 aliphatic heterocycles. The van der Waals surface area contributed by atoms with E-state index in [1.54, 1.807) is 12.4 Å². The maximum atomic E-state index is 12.3. The van der Waals surface area contributed by atoms with Crippen molar-refractivity contribution >= 4 is 17.6 Å². The van der Waals surface area contributed by atoms with Crippen LogP contribution in [-0.2, 0) is 4.79 Å². The molecule has 1 saturated heterocycles. The van der Waals surface area contributed by atoms with Gasteiger partial charge in [-0.1, -0.05) is 13.8 Å². The van der Waals surface area contributed by atoms with Crippen molar-refractivity contribution < 1.29 is 9.59 Å². The normalized spacial score (nSPS) is 17.7. The molecule has 2 N–H and O–H groups in total. The first-order chi connectivity index (χ1) is 11.5. The van der Waals surface area contributed by atoms with Gasteiger partial charge in [0.1, 0.15) is 0 Å². The molecule has 0 bridgehead atoms. The van der Waals surface area contributed by atoms with Gasteiger partial charge in [0.15, 0.2) is 0 Å². The summed E-state index contributed by atoms with van der Waals surface area (Å²) in [6.45, 7) is 8.18. The van der Waals surface area contributed by atoms with Crippen LogP contribution in [0.1, 0.15) is 38.7 Å². The molecular weight excluding hydrogens is 304 g/mol. The third-order valence-electron chi connectivity index (χ3n) is 4.25. The van der Waals surface area contributed by atoms with Crippen LogP contribution in [0, 0.1) is 18.8 Å². The zero-order chi connectivity index (χ0) is 17.5. The summed E-state index contributed by atoms with van der Waals surface area (Å²) in [5, 5.41) is 5.87. The second kappa shape index (κ2) is 8.66. The van der Waals surface area contributed by atoms with Gasteiger partial charge in [0, 0.05) is 32.3 Å². The summed E-state index contributed by atoms with van der Waals surface area (Å²) < 4.78 is 0. The van der Waals surface area contributed by atoms with Crippen molar-refractivity contribution in [1.82, 2.24) is 15.2 Å². The average molecular weight is 332 g/mol. The molecule has 0 unspecified atom stereocenters. The molecule has 1 atom stereocenters. The molecule has 6 heteroatoms. The van der Waals surface area contributed by atoms with Crippen LogP contribution in [0.5, 0.6) is 0 Å². The number of hydrogen-bond acceptors (Lipinski definition) is 3. The lowest BCUT2D eigenvalue weighted by atomic mass is 9.94. The predicted molar refractivity (Wildman–Crippen MR) is 94.8 cm³/mol. The Hall–Kier alpha value is -2.11. The molecule has 6 nitrogen and oxygen atoms in total. The van der Waals surface area contributed by atoms with Gasteiger partial charge in [-0.15, -0.1) is 0 Å². The average Bonchev–Trinajstić information content (AvgIpc) is 2.55. The zero-order valence-electron chi connectivity index (χ0n) is 14.8. The van der Waals surface area contributed by atoms with Crippen LogP contribution >= 0.6 is 0 Å². The number of urea groups is 1.